The van der Waals surface area contributed by atoms with Crippen LogP contribution in [-0.4, -0.2) is 69.8 Å². The molecular formula is C21H35IN4O2. The minimum Gasteiger partial charge on any atom is -0.497 e. The fourth-order valence-electron chi connectivity index (χ4n) is 3.69. The maximum atomic E-state index is 5.52. The molecule has 0 atom stereocenters. The number of hydrogen-bond acceptors (Lipinski definition) is 4. The molecular weight excluding hydrogens is 467 g/mol. The molecule has 1 aromatic rings. The number of hydrogen-bond donors (Lipinski definition) is 1. The van der Waals surface area contributed by atoms with E-state index in [2.05, 4.69) is 26.2 Å². The molecule has 1 saturated carbocycles. The summed E-state index contributed by atoms with van der Waals surface area (Å²) < 4.78 is 10.9. The van der Waals surface area contributed by atoms with E-state index in [1.807, 2.05) is 19.2 Å². The zero-order valence-electron chi connectivity index (χ0n) is 17.4. The van der Waals surface area contributed by atoms with Crippen LogP contribution < -0.4 is 14.8 Å². The first-order valence-corrected chi connectivity index (χ1v) is 10.1. The second kappa shape index (κ2) is 11.7. The fraction of sp³-hybridized carbons (Fsp3) is 0.667. The Morgan fingerprint density at radius 1 is 1.14 bits per heavy atom. The zero-order valence-corrected chi connectivity index (χ0v) is 19.8. The van der Waals surface area contributed by atoms with E-state index in [0.717, 1.165) is 62.6 Å². The van der Waals surface area contributed by atoms with E-state index in [1.54, 1.807) is 14.2 Å². The lowest BCUT2D eigenvalue weighted by atomic mass is 10.1. The van der Waals surface area contributed by atoms with E-state index < -0.39 is 0 Å². The molecule has 0 spiro atoms. The molecule has 0 bridgehead atoms. The lowest BCUT2D eigenvalue weighted by molar-refractivity contribution is 0.171. The van der Waals surface area contributed by atoms with Crippen molar-refractivity contribution in [2.75, 3.05) is 54.0 Å². The number of ether oxygens (including phenoxy) is 2. The Morgan fingerprint density at radius 3 is 2.50 bits per heavy atom. The van der Waals surface area contributed by atoms with Crippen LogP contribution in [0.15, 0.2) is 23.2 Å². The molecule has 1 aliphatic carbocycles. The normalized spacial score (nSPS) is 17.8. The average Bonchev–Trinajstić information content (AvgIpc) is 3.53. The molecule has 1 saturated heterocycles. The number of rotatable bonds is 8. The van der Waals surface area contributed by atoms with Gasteiger partial charge in [0.1, 0.15) is 11.5 Å². The average molecular weight is 502 g/mol. The molecule has 6 nitrogen and oxygen atoms in total. The van der Waals surface area contributed by atoms with Crippen LogP contribution in [0.2, 0.25) is 0 Å². The minimum atomic E-state index is 0. The largest absolute Gasteiger partial charge is 0.497 e. The molecule has 0 unspecified atom stereocenters. The summed E-state index contributed by atoms with van der Waals surface area (Å²) >= 11 is 0. The predicted molar refractivity (Wildman–Crippen MR) is 125 cm³/mol. The number of halogens is 1. The third-order valence-corrected chi connectivity index (χ3v) is 5.53. The summed E-state index contributed by atoms with van der Waals surface area (Å²) in [7, 11) is 5.31. The summed E-state index contributed by atoms with van der Waals surface area (Å²) in [5.41, 5.74) is 1.17. The van der Waals surface area contributed by atoms with Gasteiger partial charge in [0.2, 0.25) is 0 Å². The number of nitrogens with zero attached hydrogens (tertiary/aromatic N) is 3. The highest BCUT2D eigenvalue weighted by molar-refractivity contribution is 14.0. The number of methoxy groups -OCH3 is 2. The predicted octanol–water partition coefficient (Wildman–Crippen LogP) is 3.21. The van der Waals surface area contributed by atoms with Crippen molar-refractivity contribution in [2.24, 2.45) is 10.9 Å². The van der Waals surface area contributed by atoms with Crippen molar-refractivity contribution in [1.29, 1.82) is 0 Å². The molecule has 158 valence electrons. The molecule has 7 heteroatoms. The Labute approximate surface area is 186 Å². The highest BCUT2D eigenvalue weighted by Gasteiger charge is 2.22. The third-order valence-electron chi connectivity index (χ3n) is 5.53. The van der Waals surface area contributed by atoms with Gasteiger partial charge in [-0.3, -0.25) is 9.89 Å². The number of nitrogens with one attached hydrogen (secondary N) is 1. The van der Waals surface area contributed by atoms with Gasteiger partial charge in [0.15, 0.2) is 5.96 Å². The molecule has 0 radical (unpaired) electrons. The van der Waals surface area contributed by atoms with Crippen molar-refractivity contribution in [3.05, 3.63) is 23.8 Å². The molecule has 1 heterocycles. The van der Waals surface area contributed by atoms with Crippen LogP contribution in [0.4, 0.5) is 0 Å². The maximum absolute atomic E-state index is 5.52. The zero-order chi connectivity index (χ0) is 19.1. The van der Waals surface area contributed by atoms with Crippen LogP contribution >= 0.6 is 24.0 Å². The summed E-state index contributed by atoms with van der Waals surface area (Å²) in [5, 5.41) is 3.54. The molecule has 0 amide bonds. The van der Waals surface area contributed by atoms with Crippen molar-refractivity contribution in [1.82, 2.24) is 15.1 Å². The van der Waals surface area contributed by atoms with Crippen LogP contribution in [-0.2, 0) is 6.54 Å². The van der Waals surface area contributed by atoms with Crippen molar-refractivity contribution < 1.29 is 9.47 Å². The number of piperazine rings is 1. The van der Waals surface area contributed by atoms with Crippen LogP contribution in [0.25, 0.3) is 0 Å². The molecule has 1 N–H and O–H groups in total. The van der Waals surface area contributed by atoms with E-state index in [9.17, 15) is 0 Å². The lowest BCUT2D eigenvalue weighted by Crippen LogP contribution is -2.52. The molecule has 28 heavy (non-hydrogen) atoms. The standard InChI is InChI=1S/C21H34N4O2.HI/c1-22-21(23-10-4-5-17-6-7-17)25-13-11-24(12-14-25)16-18-15-19(26-2)8-9-20(18)27-3;/h8-9,15,17H,4-7,10-14,16H2,1-3H3,(H,22,23);1H. The van der Waals surface area contributed by atoms with Gasteiger partial charge in [-0.25, -0.2) is 0 Å². The van der Waals surface area contributed by atoms with Crippen LogP contribution in [0.3, 0.4) is 0 Å². The first kappa shape index (κ1) is 23.1. The van der Waals surface area contributed by atoms with Gasteiger partial charge in [0.25, 0.3) is 0 Å². The number of guanidine groups is 1. The van der Waals surface area contributed by atoms with Crippen molar-refractivity contribution in [3.63, 3.8) is 0 Å². The maximum Gasteiger partial charge on any atom is 0.193 e. The number of aliphatic imine (C=N–C) groups is 1. The summed E-state index contributed by atoms with van der Waals surface area (Å²) in [6, 6.07) is 6.00. The Balaban J connectivity index is 0.00000280. The van der Waals surface area contributed by atoms with Gasteiger partial charge in [0.05, 0.1) is 14.2 Å². The third kappa shape index (κ3) is 6.69. The Hall–Kier alpha value is -1.22. The van der Waals surface area contributed by atoms with Crippen LogP contribution in [0.1, 0.15) is 31.2 Å². The quantitative estimate of drug-likeness (QED) is 0.256. The van der Waals surface area contributed by atoms with Crippen molar-refractivity contribution in [2.45, 2.75) is 32.2 Å². The second-order valence-corrected chi connectivity index (χ2v) is 7.50. The molecule has 2 fully saturated rings. The van der Waals surface area contributed by atoms with Gasteiger partial charge in [-0.1, -0.05) is 12.8 Å². The summed E-state index contributed by atoms with van der Waals surface area (Å²) in [6.07, 6.45) is 5.49. The van der Waals surface area contributed by atoms with Gasteiger partial charge in [-0.2, -0.15) is 0 Å². The van der Waals surface area contributed by atoms with E-state index in [4.69, 9.17) is 9.47 Å². The van der Waals surface area contributed by atoms with E-state index in [1.165, 1.54) is 31.2 Å². The van der Waals surface area contributed by atoms with Crippen LogP contribution in [0.5, 0.6) is 11.5 Å². The highest BCUT2D eigenvalue weighted by Crippen LogP contribution is 2.33. The Kier molecular flexibility index (Phi) is 9.64. The van der Waals surface area contributed by atoms with Crippen LogP contribution in [0, 0.1) is 5.92 Å². The number of benzene rings is 1. The summed E-state index contributed by atoms with van der Waals surface area (Å²) in [6.45, 7) is 5.93. The Bertz CT molecular complexity index is 629. The van der Waals surface area contributed by atoms with Gasteiger partial charge >= 0.3 is 0 Å². The van der Waals surface area contributed by atoms with Crippen molar-refractivity contribution in [3.8, 4) is 11.5 Å². The van der Waals surface area contributed by atoms with E-state index in [0.29, 0.717) is 0 Å². The molecule has 1 aromatic carbocycles. The summed E-state index contributed by atoms with van der Waals surface area (Å²) in [5.74, 6) is 3.85. The first-order valence-electron chi connectivity index (χ1n) is 10.1. The lowest BCUT2D eigenvalue weighted by Gasteiger charge is -2.36. The topological polar surface area (TPSA) is 49.3 Å². The monoisotopic (exact) mass is 502 g/mol. The van der Waals surface area contributed by atoms with E-state index >= 15 is 0 Å². The van der Waals surface area contributed by atoms with Crippen molar-refractivity contribution >= 4 is 29.9 Å². The fourth-order valence-corrected chi connectivity index (χ4v) is 3.69. The SMILES string of the molecule is CN=C(NCCCC1CC1)N1CCN(Cc2cc(OC)ccc2OC)CC1.I. The first-order chi connectivity index (χ1) is 13.2. The smallest absolute Gasteiger partial charge is 0.193 e. The second-order valence-electron chi connectivity index (χ2n) is 7.50. The van der Waals surface area contributed by atoms with Gasteiger partial charge in [-0.15, -0.1) is 24.0 Å². The van der Waals surface area contributed by atoms with Gasteiger partial charge in [-0.05, 0) is 37.0 Å². The molecule has 1 aliphatic heterocycles. The van der Waals surface area contributed by atoms with Gasteiger partial charge < -0.3 is 19.7 Å². The van der Waals surface area contributed by atoms with Gasteiger partial charge in [0, 0.05) is 51.9 Å². The minimum absolute atomic E-state index is 0. The molecule has 0 aromatic heterocycles. The molecule has 2 aliphatic rings. The van der Waals surface area contributed by atoms with E-state index in [-0.39, 0.29) is 24.0 Å². The Morgan fingerprint density at radius 2 is 1.89 bits per heavy atom. The molecule has 3 rings (SSSR count). The highest BCUT2D eigenvalue weighted by atomic mass is 127. The summed E-state index contributed by atoms with van der Waals surface area (Å²) in [4.78, 5) is 9.32.